The molecule has 0 saturated carbocycles. The average Bonchev–Trinajstić information content (AvgIpc) is 2.57. The molecule has 1 saturated heterocycles. The number of piperidine rings is 1. The van der Waals surface area contributed by atoms with Crippen molar-refractivity contribution < 1.29 is 0 Å². The molecule has 0 spiro atoms. The molecule has 1 heterocycles. The number of hydrogen-bond donors (Lipinski definition) is 0. The van der Waals surface area contributed by atoms with Gasteiger partial charge in [0.25, 0.3) is 0 Å². The summed E-state index contributed by atoms with van der Waals surface area (Å²) in [6.45, 7) is 3.47. The number of hydrogen-bond acceptors (Lipinski definition) is 1. The van der Waals surface area contributed by atoms with Crippen molar-refractivity contribution in [1.29, 1.82) is 0 Å². The number of likely N-dealkylation sites (tertiary alicyclic amines) is 1. The molecule has 0 amide bonds. The van der Waals surface area contributed by atoms with Crippen molar-refractivity contribution >= 4 is 0 Å². The molecular formula is C20H25N. The highest BCUT2D eigenvalue weighted by molar-refractivity contribution is 5.24. The fourth-order valence-corrected chi connectivity index (χ4v) is 3.69. The summed E-state index contributed by atoms with van der Waals surface area (Å²) in [6, 6.07) is 23.2. The Morgan fingerprint density at radius 1 is 0.810 bits per heavy atom. The first-order chi connectivity index (χ1) is 10.4. The topological polar surface area (TPSA) is 3.24 Å². The van der Waals surface area contributed by atoms with E-state index in [1.54, 1.807) is 0 Å². The first-order valence-corrected chi connectivity index (χ1v) is 8.25. The van der Waals surface area contributed by atoms with Crippen molar-refractivity contribution in [3.05, 3.63) is 71.8 Å². The lowest BCUT2D eigenvalue weighted by atomic mass is 9.87. The van der Waals surface area contributed by atoms with Gasteiger partial charge in [-0.25, -0.2) is 0 Å². The average molecular weight is 279 g/mol. The van der Waals surface area contributed by atoms with Gasteiger partial charge in [0.15, 0.2) is 0 Å². The van der Waals surface area contributed by atoms with Crippen LogP contribution in [0.3, 0.4) is 0 Å². The highest BCUT2D eigenvalue weighted by Crippen LogP contribution is 2.41. The van der Waals surface area contributed by atoms with E-state index in [0.717, 1.165) is 0 Å². The zero-order chi connectivity index (χ0) is 14.5. The van der Waals surface area contributed by atoms with Crippen molar-refractivity contribution in [2.45, 2.75) is 44.7 Å². The quantitative estimate of drug-likeness (QED) is 0.727. The van der Waals surface area contributed by atoms with Gasteiger partial charge < -0.3 is 0 Å². The summed E-state index contributed by atoms with van der Waals surface area (Å²) >= 11 is 0. The molecular weight excluding hydrogens is 254 g/mol. The van der Waals surface area contributed by atoms with Crippen LogP contribution in [0, 0.1) is 0 Å². The maximum atomic E-state index is 2.73. The Morgan fingerprint density at radius 2 is 1.29 bits per heavy atom. The van der Waals surface area contributed by atoms with E-state index in [1.165, 1.54) is 43.4 Å². The lowest BCUT2D eigenvalue weighted by Crippen LogP contribution is -2.36. The number of rotatable bonds is 4. The molecule has 2 atom stereocenters. The number of nitrogens with zero attached hydrogens (tertiary/aromatic N) is 1. The van der Waals surface area contributed by atoms with E-state index < -0.39 is 0 Å². The predicted octanol–water partition coefficient (Wildman–Crippen LogP) is 5.36. The fourth-order valence-electron chi connectivity index (χ4n) is 3.69. The molecule has 21 heavy (non-hydrogen) atoms. The van der Waals surface area contributed by atoms with Gasteiger partial charge in [-0.3, -0.25) is 4.90 Å². The van der Waals surface area contributed by atoms with Crippen LogP contribution in [0.1, 0.15) is 55.8 Å². The molecule has 1 fully saturated rings. The Morgan fingerprint density at radius 3 is 1.71 bits per heavy atom. The fraction of sp³-hybridized carbons (Fsp3) is 0.400. The van der Waals surface area contributed by atoms with Gasteiger partial charge in [0.05, 0.1) is 0 Å². The minimum absolute atomic E-state index is 0.574. The Hall–Kier alpha value is -1.60. The zero-order valence-electron chi connectivity index (χ0n) is 12.9. The second kappa shape index (κ2) is 6.91. The van der Waals surface area contributed by atoms with Gasteiger partial charge in [0.1, 0.15) is 0 Å². The summed E-state index contributed by atoms with van der Waals surface area (Å²) < 4.78 is 0. The Labute approximate surface area is 128 Å². The van der Waals surface area contributed by atoms with Gasteiger partial charge in [0.2, 0.25) is 0 Å². The van der Waals surface area contributed by atoms with E-state index in [2.05, 4.69) is 72.5 Å². The second-order valence-corrected chi connectivity index (χ2v) is 6.02. The lowest BCUT2D eigenvalue weighted by molar-refractivity contribution is 0.0820. The Bertz CT molecular complexity index is 487. The molecule has 1 nitrogen and oxygen atoms in total. The Kier molecular flexibility index (Phi) is 4.72. The summed E-state index contributed by atoms with van der Waals surface area (Å²) in [5, 5.41) is 0. The van der Waals surface area contributed by atoms with Gasteiger partial charge in [-0.05, 0) is 43.4 Å². The first-order valence-electron chi connectivity index (χ1n) is 8.25. The van der Waals surface area contributed by atoms with Crippen molar-refractivity contribution in [3.63, 3.8) is 0 Å². The van der Waals surface area contributed by atoms with Crippen molar-refractivity contribution in [2.24, 2.45) is 0 Å². The van der Waals surface area contributed by atoms with Crippen LogP contribution in [-0.2, 0) is 0 Å². The van der Waals surface area contributed by atoms with Crippen LogP contribution in [0.25, 0.3) is 0 Å². The largest absolute Gasteiger partial charge is 0.289 e. The minimum Gasteiger partial charge on any atom is -0.289 e. The Balaban J connectivity index is 1.90. The maximum Gasteiger partial charge on any atom is 0.0354 e. The summed E-state index contributed by atoms with van der Waals surface area (Å²) in [6.07, 6.45) is 5.10. The van der Waals surface area contributed by atoms with Gasteiger partial charge in [-0.1, -0.05) is 67.6 Å². The van der Waals surface area contributed by atoms with Crippen LogP contribution >= 0.6 is 0 Å². The third kappa shape index (κ3) is 3.19. The lowest BCUT2D eigenvalue weighted by Gasteiger charge is -2.42. The van der Waals surface area contributed by atoms with E-state index in [-0.39, 0.29) is 0 Å². The zero-order valence-corrected chi connectivity index (χ0v) is 12.9. The van der Waals surface area contributed by atoms with Gasteiger partial charge in [0, 0.05) is 12.1 Å². The van der Waals surface area contributed by atoms with E-state index in [1.807, 2.05) is 0 Å². The molecule has 0 aromatic heterocycles. The number of benzene rings is 2. The van der Waals surface area contributed by atoms with Crippen LogP contribution in [0.5, 0.6) is 0 Å². The highest BCUT2D eigenvalue weighted by atomic mass is 15.2. The monoisotopic (exact) mass is 279 g/mol. The molecule has 2 aromatic rings. The van der Waals surface area contributed by atoms with Crippen molar-refractivity contribution in [3.8, 4) is 0 Å². The van der Waals surface area contributed by atoms with Crippen LogP contribution in [-0.4, -0.2) is 11.4 Å². The molecule has 0 aliphatic carbocycles. The standard InChI is InChI=1S/C20H25N/c1-2-16-21-19(17-10-5-3-6-11-17)14-9-15-20(21)18-12-7-4-8-13-18/h3-8,10-13,19-20H,2,9,14-16H2,1H3/t19-,20+. The normalized spacial score (nSPS) is 23.1. The van der Waals surface area contributed by atoms with Crippen molar-refractivity contribution in [1.82, 2.24) is 4.90 Å². The third-order valence-electron chi connectivity index (χ3n) is 4.61. The third-order valence-corrected chi connectivity index (χ3v) is 4.61. The van der Waals surface area contributed by atoms with Crippen LogP contribution in [0.4, 0.5) is 0 Å². The van der Waals surface area contributed by atoms with E-state index in [4.69, 9.17) is 0 Å². The van der Waals surface area contributed by atoms with Gasteiger partial charge in [-0.2, -0.15) is 0 Å². The van der Waals surface area contributed by atoms with E-state index >= 15 is 0 Å². The molecule has 2 aromatic carbocycles. The summed E-state index contributed by atoms with van der Waals surface area (Å²) in [7, 11) is 0. The maximum absolute atomic E-state index is 2.73. The summed E-state index contributed by atoms with van der Waals surface area (Å²) in [4.78, 5) is 2.73. The molecule has 0 N–H and O–H groups in total. The molecule has 110 valence electrons. The van der Waals surface area contributed by atoms with Gasteiger partial charge >= 0.3 is 0 Å². The van der Waals surface area contributed by atoms with Crippen LogP contribution < -0.4 is 0 Å². The molecule has 0 bridgehead atoms. The van der Waals surface area contributed by atoms with E-state index in [0.29, 0.717) is 12.1 Å². The van der Waals surface area contributed by atoms with Crippen molar-refractivity contribution in [2.75, 3.05) is 6.54 Å². The SMILES string of the molecule is CCCN1[C@@H](c2ccccc2)CCC[C@H]1c1ccccc1. The van der Waals surface area contributed by atoms with Crippen LogP contribution in [0.2, 0.25) is 0 Å². The van der Waals surface area contributed by atoms with E-state index in [9.17, 15) is 0 Å². The molecule has 0 radical (unpaired) electrons. The smallest absolute Gasteiger partial charge is 0.0354 e. The highest BCUT2D eigenvalue weighted by Gasteiger charge is 2.31. The molecule has 1 heteroatoms. The second-order valence-electron chi connectivity index (χ2n) is 6.02. The first kappa shape index (κ1) is 14.3. The van der Waals surface area contributed by atoms with Crippen LogP contribution in [0.15, 0.2) is 60.7 Å². The molecule has 1 aliphatic rings. The predicted molar refractivity (Wildman–Crippen MR) is 89.2 cm³/mol. The molecule has 0 unspecified atom stereocenters. The molecule has 3 rings (SSSR count). The molecule has 1 aliphatic heterocycles. The summed E-state index contributed by atoms with van der Waals surface area (Å²) in [5.74, 6) is 0. The van der Waals surface area contributed by atoms with Gasteiger partial charge in [-0.15, -0.1) is 0 Å². The minimum atomic E-state index is 0.574. The summed E-state index contributed by atoms with van der Waals surface area (Å²) in [5.41, 5.74) is 2.96.